The van der Waals surface area contributed by atoms with Crippen LogP contribution in [0.5, 0.6) is 0 Å². The maximum atomic E-state index is 12.0. The number of carbonyl (C=O) groups is 1. The maximum Gasteiger partial charge on any atom is 0.287 e. The number of nitrogens with one attached hydrogen (secondary N) is 2. The van der Waals surface area contributed by atoms with Crippen molar-refractivity contribution >= 4 is 17.6 Å². The summed E-state index contributed by atoms with van der Waals surface area (Å²) in [7, 11) is 1.82. The molecule has 0 radical (unpaired) electrons. The highest BCUT2D eigenvalue weighted by molar-refractivity contribution is 5.92. The minimum atomic E-state index is -0.163. The van der Waals surface area contributed by atoms with Crippen molar-refractivity contribution in [2.45, 2.75) is 20.3 Å². The van der Waals surface area contributed by atoms with Gasteiger partial charge in [0.15, 0.2) is 11.7 Å². The van der Waals surface area contributed by atoms with Gasteiger partial charge in [-0.3, -0.25) is 9.79 Å². The predicted octanol–water partition coefficient (Wildman–Crippen LogP) is 2.41. The Morgan fingerprint density at radius 3 is 2.52 bits per heavy atom. The summed E-state index contributed by atoms with van der Waals surface area (Å²) in [6, 6.07) is 10.4. The zero-order valence-corrected chi connectivity index (χ0v) is 17.6. The van der Waals surface area contributed by atoms with Gasteiger partial charge in [-0.2, -0.15) is 0 Å². The molecule has 0 saturated carbocycles. The van der Waals surface area contributed by atoms with Gasteiger partial charge in [0.1, 0.15) is 0 Å². The number of hydrogen-bond donors (Lipinski definition) is 2. The monoisotopic (exact) mass is 397 g/mol. The van der Waals surface area contributed by atoms with Gasteiger partial charge in [0.25, 0.3) is 5.91 Å². The molecule has 2 N–H and O–H groups in total. The van der Waals surface area contributed by atoms with E-state index < -0.39 is 0 Å². The quantitative estimate of drug-likeness (QED) is 0.445. The van der Waals surface area contributed by atoms with E-state index in [9.17, 15) is 4.79 Å². The van der Waals surface area contributed by atoms with Gasteiger partial charge >= 0.3 is 0 Å². The Morgan fingerprint density at radius 2 is 1.86 bits per heavy atom. The van der Waals surface area contributed by atoms with Crippen LogP contribution in [0.2, 0.25) is 0 Å². The Balaban J connectivity index is 1.37. The molecule has 1 aliphatic heterocycles. The van der Waals surface area contributed by atoms with Crippen molar-refractivity contribution in [2.24, 2.45) is 4.99 Å². The van der Waals surface area contributed by atoms with Crippen molar-refractivity contribution in [3.05, 3.63) is 53.5 Å². The molecule has 7 heteroatoms. The second-order valence-corrected chi connectivity index (χ2v) is 7.33. The highest BCUT2D eigenvalue weighted by atomic mass is 16.3. The topological polar surface area (TPSA) is 73.1 Å². The van der Waals surface area contributed by atoms with Crippen LogP contribution in [-0.4, -0.2) is 63.1 Å². The highest BCUT2D eigenvalue weighted by Crippen LogP contribution is 2.17. The Morgan fingerprint density at radius 1 is 1.10 bits per heavy atom. The van der Waals surface area contributed by atoms with Crippen molar-refractivity contribution in [3.8, 4) is 0 Å². The summed E-state index contributed by atoms with van der Waals surface area (Å²) >= 11 is 0. The first kappa shape index (κ1) is 20.8. The summed E-state index contributed by atoms with van der Waals surface area (Å²) in [6.45, 7) is 9.15. The molecule has 1 aromatic heterocycles. The van der Waals surface area contributed by atoms with Gasteiger partial charge < -0.3 is 24.9 Å². The van der Waals surface area contributed by atoms with E-state index in [1.807, 2.05) is 14.0 Å². The molecule has 7 nitrogen and oxygen atoms in total. The number of aryl methyl sites for hydroxylation is 2. The van der Waals surface area contributed by atoms with Gasteiger partial charge in [0.05, 0.1) is 6.26 Å². The van der Waals surface area contributed by atoms with Crippen molar-refractivity contribution in [1.29, 1.82) is 0 Å². The number of amides is 1. The lowest BCUT2D eigenvalue weighted by atomic mass is 10.2. The molecule has 29 heavy (non-hydrogen) atoms. The summed E-state index contributed by atoms with van der Waals surface area (Å²) in [5.74, 6) is 1.14. The molecule has 0 atom stereocenters. The van der Waals surface area contributed by atoms with Crippen molar-refractivity contribution < 1.29 is 9.21 Å². The molecule has 1 aliphatic rings. The van der Waals surface area contributed by atoms with Gasteiger partial charge in [-0.25, -0.2) is 0 Å². The molecule has 3 rings (SSSR count). The summed E-state index contributed by atoms with van der Waals surface area (Å²) in [4.78, 5) is 21.2. The van der Waals surface area contributed by atoms with Crippen molar-refractivity contribution in [2.75, 3.05) is 51.2 Å². The second-order valence-electron chi connectivity index (χ2n) is 7.33. The number of rotatable bonds is 6. The molecule has 156 valence electrons. The number of benzene rings is 1. The number of carbonyl (C=O) groups excluding carboxylic acids is 1. The SMILES string of the molecule is CN=C(NCCCNC(=O)c1occc1C)N1CCN(c2cccc(C)c2)CC1. The summed E-state index contributed by atoms with van der Waals surface area (Å²) < 4.78 is 5.21. The van der Waals surface area contributed by atoms with Crippen LogP contribution in [0.15, 0.2) is 46.0 Å². The van der Waals surface area contributed by atoms with Crippen LogP contribution in [0.4, 0.5) is 5.69 Å². The lowest BCUT2D eigenvalue weighted by molar-refractivity contribution is 0.0925. The molecule has 1 fully saturated rings. The molecule has 0 aliphatic carbocycles. The molecular formula is C22H31N5O2. The molecule has 2 heterocycles. The molecule has 1 aromatic carbocycles. The number of anilines is 1. The zero-order chi connectivity index (χ0) is 20.6. The first-order valence-electron chi connectivity index (χ1n) is 10.2. The van der Waals surface area contributed by atoms with E-state index in [0.717, 1.165) is 50.7 Å². The highest BCUT2D eigenvalue weighted by Gasteiger charge is 2.19. The van der Waals surface area contributed by atoms with Gasteiger partial charge in [-0.15, -0.1) is 0 Å². The van der Waals surface area contributed by atoms with E-state index in [4.69, 9.17) is 4.42 Å². The number of piperazine rings is 1. The number of hydrogen-bond acceptors (Lipinski definition) is 4. The maximum absolute atomic E-state index is 12.0. The number of guanidine groups is 1. The zero-order valence-electron chi connectivity index (χ0n) is 17.6. The minimum Gasteiger partial charge on any atom is -0.459 e. The molecule has 1 amide bonds. The van der Waals surface area contributed by atoms with Crippen LogP contribution < -0.4 is 15.5 Å². The van der Waals surface area contributed by atoms with Gasteiger partial charge in [0.2, 0.25) is 0 Å². The van der Waals surface area contributed by atoms with Crippen LogP contribution in [0.1, 0.15) is 28.1 Å². The van der Waals surface area contributed by atoms with Crippen LogP contribution in [0.25, 0.3) is 0 Å². The Labute approximate surface area is 172 Å². The minimum absolute atomic E-state index is 0.163. The average molecular weight is 398 g/mol. The van der Waals surface area contributed by atoms with E-state index >= 15 is 0 Å². The van der Waals surface area contributed by atoms with E-state index in [2.05, 4.69) is 56.6 Å². The number of furan rings is 1. The Bertz CT molecular complexity index is 837. The van der Waals surface area contributed by atoms with Gasteiger partial charge in [0, 0.05) is 57.6 Å². The van der Waals surface area contributed by atoms with Crippen molar-refractivity contribution in [1.82, 2.24) is 15.5 Å². The second kappa shape index (κ2) is 10.0. The third kappa shape index (κ3) is 5.53. The fraction of sp³-hybridized carbons (Fsp3) is 0.455. The number of nitrogens with zero attached hydrogens (tertiary/aromatic N) is 3. The van der Waals surface area contributed by atoms with Gasteiger partial charge in [-0.1, -0.05) is 12.1 Å². The summed E-state index contributed by atoms with van der Waals surface area (Å²) in [5, 5.41) is 6.30. The van der Waals surface area contributed by atoms with Crippen molar-refractivity contribution in [3.63, 3.8) is 0 Å². The van der Waals surface area contributed by atoms with E-state index in [0.29, 0.717) is 12.3 Å². The first-order valence-corrected chi connectivity index (χ1v) is 10.2. The van der Waals surface area contributed by atoms with Crippen LogP contribution in [0, 0.1) is 13.8 Å². The first-order chi connectivity index (χ1) is 14.1. The van der Waals surface area contributed by atoms with Gasteiger partial charge in [-0.05, 0) is 44.0 Å². The Hall–Kier alpha value is -2.96. The van der Waals surface area contributed by atoms with E-state index in [-0.39, 0.29) is 5.91 Å². The number of aliphatic imine (C=N–C) groups is 1. The summed E-state index contributed by atoms with van der Waals surface area (Å²) in [6.07, 6.45) is 2.35. The third-order valence-electron chi connectivity index (χ3n) is 5.15. The molecule has 1 saturated heterocycles. The molecule has 2 aromatic rings. The van der Waals surface area contributed by atoms with Crippen LogP contribution in [-0.2, 0) is 0 Å². The lowest BCUT2D eigenvalue weighted by Crippen LogP contribution is -2.52. The Kier molecular flexibility index (Phi) is 7.16. The fourth-order valence-electron chi connectivity index (χ4n) is 3.51. The molecule has 0 bridgehead atoms. The van der Waals surface area contributed by atoms with E-state index in [1.165, 1.54) is 17.5 Å². The molecular weight excluding hydrogens is 366 g/mol. The standard InChI is InChI=1S/C22H31N5O2/c1-17-6-4-7-19(16-17)26-11-13-27(14-12-26)22(23-3)25-10-5-9-24-21(28)20-18(2)8-15-29-20/h4,6-8,15-16H,5,9-14H2,1-3H3,(H,23,25)(H,24,28). The predicted molar refractivity (Wildman–Crippen MR) is 117 cm³/mol. The lowest BCUT2D eigenvalue weighted by Gasteiger charge is -2.37. The largest absolute Gasteiger partial charge is 0.459 e. The smallest absolute Gasteiger partial charge is 0.287 e. The third-order valence-corrected chi connectivity index (χ3v) is 5.15. The molecule has 0 spiro atoms. The summed E-state index contributed by atoms with van der Waals surface area (Å²) in [5.41, 5.74) is 3.43. The molecule has 0 unspecified atom stereocenters. The fourth-order valence-corrected chi connectivity index (χ4v) is 3.51. The van der Waals surface area contributed by atoms with Crippen LogP contribution in [0.3, 0.4) is 0 Å². The normalized spacial score (nSPS) is 14.8. The van der Waals surface area contributed by atoms with E-state index in [1.54, 1.807) is 6.07 Å². The van der Waals surface area contributed by atoms with Crippen LogP contribution >= 0.6 is 0 Å². The average Bonchev–Trinajstić information content (AvgIpc) is 3.17.